The van der Waals surface area contributed by atoms with Crippen molar-refractivity contribution in [2.24, 2.45) is 5.92 Å². The molecule has 140 valence electrons. The van der Waals surface area contributed by atoms with Gasteiger partial charge in [0.2, 0.25) is 0 Å². The molecular formula is C24H33NO. The number of rotatable bonds is 9. The Labute approximate surface area is 159 Å². The molecule has 1 N–H and O–H groups in total. The summed E-state index contributed by atoms with van der Waals surface area (Å²) in [6.45, 7) is 12.4. The van der Waals surface area contributed by atoms with Crippen LogP contribution in [0.3, 0.4) is 0 Å². The van der Waals surface area contributed by atoms with E-state index in [0.29, 0.717) is 12.5 Å². The molecule has 1 unspecified atom stereocenters. The van der Waals surface area contributed by atoms with Gasteiger partial charge in [0.1, 0.15) is 0 Å². The molecule has 1 fully saturated rings. The Balaban J connectivity index is 1.66. The Morgan fingerprint density at radius 2 is 1.50 bits per heavy atom. The van der Waals surface area contributed by atoms with E-state index in [1.165, 1.54) is 46.2 Å². The van der Waals surface area contributed by atoms with E-state index in [4.69, 9.17) is 4.74 Å². The number of nitrogens with one attached hydrogen (secondary N) is 1. The van der Waals surface area contributed by atoms with Crippen molar-refractivity contribution >= 4 is 0 Å². The van der Waals surface area contributed by atoms with Gasteiger partial charge in [-0.25, -0.2) is 0 Å². The summed E-state index contributed by atoms with van der Waals surface area (Å²) in [5.74, 6) is 1.31. The SMILES string of the molecule is Cc1cccc(C)c1COCC(CNCC1CC1)c1c(C)cccc1C. The maximum atomic E-state index is 6.24. The number of hydrogen-bond donors (Lipinski definition) is 1. The van der Waals surface area contributed by atoms with Crippen molar-refractivity contribution < 1.29 is 4.74 Å². The minimum Gasteiger partial charge on any atom is -0.376 e. The zero-order chi connectivity index (χ0) is 18.5. The lowest BCUT2D eigenvalue weighted by molar-refractivity contribution is 0.105. The molecule has 1 aliphatic rings. The third kappa shape index (κ3) is 4.96. The summed E-state index contributed by atoms with van der Waals surface area (Å²) in [6, 6.07) is 13.1. The van der Waals surface area contributed by atoms with E-state index >= 15 is 0 Å². The molecule has 0 radical (unpaired) electrons. The Hall–Kier alpha value is -1.64. The van der Waals surface area contributed by atoms with E-state index in [0.717, 1.165) is 25.6 Å². The van der Waals surface area contributed by atoms with Crippen molar-refractivity contribution in [1.82, 2.24) is 5.32 Å². The monoisotopic (exact) mass is 351 g/mol. The molecule has 0 saturated heterocycles. The lowest BCUT2D eigenvalue weighted by Crippen LogP contribution is -2.27. The average Bonchev–Trinajstić information content (AvgIpc) is 3.41. The van der Waals surface area contributed by atoms with Gasteiger partial charge in [-0.05, 0) is 86.4 Å². The van der Waals surface area contributed by atoms with Crippen LogP contribution in [0.25, 0.3) is 0 Å². The van der Waals surface area contributed by atoms with Gasteiger partial charge >= 0.3 is 0 Å². The van der Waals surface area contributed by atoms with E-state index in [-0.39, 0.29) is 0 Å². The van der Waals surface area contributed by atoms with Crippen LogP contribution >= 0.6 is 0 Å². The van der Waals surface area contributed by atoms with Gasteiger partial charge in [0.05, 0.1) is 13.2 Å². The van der Waals surface area contributed by atoms with Crippen LogP contribution in [0.4, 0.5) is 0 Å². The second-order valence-corrected chi connectivity index (χ2v) is 7.99. The summed E-state index contributed by atoms with van der Waals surface area (Å²) in [7, 11) is 0. The quantitative estimate of drug-likeness (QED) is 0.669. The molecule has 0 amide bonds. The lowest BCUT2D eigenvalue weighted by Gasteiger charge is -2.23. The average molecular weight is 352 g/mol. The smallest absolute Gasteiger partial charge is 0.0722 e. The highest BCUT2D eigenvalue weighted by Gasteiger charge is 2.22. The minimum atomic E-state index is 0.402. The zero-order valence-electron chi connectivity index (χ0n) is 16.8. The molecule has 2 aromatic rings. The van der Waals surface area contributed by atoms with E-state index in [9.17, 15) is 0 Å². The predicted molar refractivity (Wildman–Crippen MR) is 110 cm³/mol. The van der Waals surface area contributed by atoms with E-state index in [1.807, 2.05) is 0 Å². The summed E-state index contributed by atoms with van der Waals surface area (Å²) >= 11 is 0. The molecule has 2 nitrogen and oxygen atoms in total. The topological polar surface area (TPSA) is 21.3 Å². The van der Waals surface area contributed by atoms with Crippen molar-refractivity contribution in [1.29, 1.82) is 0 Å². The fraction of sp³-hybridized carbons (Fsp3) is 0.500. The molecule has 2 heteroatoms. The van der Waals surface area contributed by atoms with Crippen molar-refractivity contribution in [3.05, 3.63) is 69.8 Å². The summed E-state index contributed by atoms with van der Waals surface area (Å²) in [5.41, 5.74) is 8.18. The van der Waals surface area contributed by atoms with Gasteiger partial charge in [0.25, 0.3) is 0 Å². The Morgan fingerprint density at radius 1 is 0.923 bits per heavy atom. The van der Waals surface area contributed by atoms with Gasteiger partial charge in [-0.2, -0.15) is 0 Å². The van der Waals surface area contributed by atoms with E-state index in [2.05, 4.69) is 69.4 Å². The maximum absolute atomic E-state index is 6.24. The summed E-state index contributed by atoms with van der Waals surface area (Å²) < 4.78 is 6.24. The van der Waals surface area contributed by atoms with Crippen LogP contribution in [0, 0.1) is 33.6 Å². The second-order valence-electron chi connectivity index (χ2n) is 7.99. The van der Waals surface area contributed by atoms with Crippen LogP contribution in [-0.4, -0.2) is 19.7 Å². The van der Waals surface area contributed by atoms with Gasteiger partial charge in [0.15, 0.2) is 0 Å². The Morgan fingerprint density at radius 3 is 2.08 bits per heavy atom. The molecule has 0 aliphatic heterocycles. The highest BCUT2D eigenvalue weighted by molar-refractivity contribution is 5.37. The van der Waals surface area contributed by atoms with Gasteiger partial charge in [-0.15, -0.1) is 0 Å². The van der Waals surface area contributed by atoms with Crippen LogP contribution in [0.2, 0.25) is 0 Å². The summed E-state index contributed by atoms with van der Waals surface area (Å²) in [4.78, 5) is 0. The molecule has 3 rings (SSSR count). The molecule has 1 atom stereocenters. The Bertz CT molecular complexity index is 692. The van der Waals surface area contributed by atoms with E-state index in [1.54, 1.807) is 0 Å². The molecule has 0 spiro atoms. The summed E-state index contributed by atoms with van der Waals surface area (Å²) in [5, 5.41) is 3.69. The van der Waals surface area contributed by atoms with E-state index < -0.39 is 0 Å². The second kappa shape index (κ2) is 8.83. The fourth-order valence-corrected chi connectivity index (χ4v) is 3.88. The zero-order valence-corrected chi connectivity index (χ0v) is 16.8. The van der Waals surface area contributed by atoms with Gasteiger partial charge in [-0.3, -0.25) is 0 Å². The third-order valence-electron chi connectivity index (χ3n) is 5.68. The lowest BCUT2D eigenvalue weighted by atomic mass is 9.91. The molecule has 1 aliphatic carbocycles. The van der Waals surface area contributed by atoms with Crippen LogP contribution in [-0.2, 0) is 11.3 Å². The first kappa shape index (κ1) is 19.1. The number of ether oxygens (including phenoxy) is 1. The molecule has 0 bridgehead atoms. The van der Waals surface area contributed by atoms with Crippen molar-refractivity contribution in [2.75, 3.05) is 19.7 Å². The maximum Gasteiger partial charge on any atom is 0.0722 e. The van der Waals surface area contributed by atoms with Crippen LogP contribution in [0.15, 0.2) is 36.4 Å². The highest BCUT2D eigenvalue weighted by Crippen LogP contribution is 2.29. The largest absolute Gasteiger partial charge is 0.376 e. The van der Waals surface area contributed by atoms with Crippen molar-refractivity contribution in [3.63, 3.8) is 0 Å². The minimum absolute atomic E-state index is 0.402. The Kier molecular flexibility index (Phi) is 6.50. The van der Waals surface area contributed by atoms with Crippen LogP contribution < -0.4 is 5.32 Å². The van der Waals surface area contributed by atoms with Gasteiger partial charge in [0, 0.05) is 12.5 Å². The third-order valence-corrected chi connectivity index (χ3v) is 5.68. The number of hydrogen-bond acceptors (Lipinski definition) is 2. The first-order valence-corrected chi connectivity index (χ1v) is 9.96. The predicted octanol–water partition coefficient (Wildman–Crippen LogP) is 5.22. The van der Waals surface area contributed by atoms with Gasteiger partial charge in [-0.1, -0.05) is 36.4 Å². The molecule has 26 heavy (non-hydrogen) atoms. The highest BCUT2D eigenvalue weighted by atomic mass is 16.5. The van der Waals surface area contributed by atoms with Crippen molar-refractivity contribution in [2.45, 2.75) is 53.1 Å². The molecular weight excluding hydrogens is 318 g/mol. The molecule has 2 aromatic carbocycles. The first-order valence-electron chi connectivity index (χ1n) is 9.96. The number of aryl methyl sites for hydroxylation is 4. The molecule has 1 saturated carbocycles. The van der Waals surface area contributed by atoms with Gasteiger partial charge < -0.3 is 10.1 Å². The molecule has 0 aromatic heterocycles. The summed E-state index contributed by atoms with van der Waals surface area (Å²) in [6.07, 6.45) is 2.79. The molecule has 0 heterocycles. The van der Waals surface area contributed by atoms with Crippen molar-refractivity contribution in [3.8, 4) is 0 Å². The van der Waals surface area contributed by atoms with Crippen LogP contribution in [0.1, 0.15) is 52.1 Å². The standard InChI is InChI=1S/C24H33NO/c1-17-7-5-8-18(2)23(17)16-26-15-22(14-25-13-21-11-12-21)24-19(3)9-6-10-20(24)4/h5-10,21-22,25H,11-16H2,1-4H3. The fourth-order valence-electron chi connectivity index (χ4n) is 3.88. The number of benzene rings is 2. The van der Waals surface area contributed by atoms with Crippen LogP contribution in [0.5, 0.6) is 0 Å². The normalized spacial score (nSPS) is 15.2. The first-order chi connectivity index (χ1) is 12.6.